The molecule has 1 N–H and O–H groups in total. The molecule has 12 heteroatoms. The van der Waals surface area contributed by atoms with Crippen LogP contribution in [0.25, 0.3) is 16.9 Å². The number of halogens is 2. The average Bonchev–Trinajstić information content (AvgIpc) is 3.69. The highest BCUT2D eigenvalue weighted by Crippen LogP contribution is 2.31. The minimum absolute atomic E-state index is 0.0212. The van der Waals surface area contributed by atoms with Crippen molar-refractivity contribution in [2.75, 3.05) is 44.4 Å². The first-order valence-electron chi connectivity index (χ1n) is 13.5. The molecule has 39 heavy (non-hydrogen) atoms. The molecule has 3 aromatic rings. The minimum Gasteiger partial charge on any atom is -0.474 e. The second-order valence-electron chi connectivity index (χ2n) is 10.3. The maximum atomic E-state index is 14.1. The van der Waals surface area contributed by atoms with E-state index < -0.39 is 6.43 Å². The van der Waals surface area contributed by atoms with E-state index in [9.17, 15) is 13.6 Å². The number of benzene rings is 1. The highest BCUT2D eigenvalue weighted by atomic mass is 19.3. The lowest BCUT2D eigenvalue weighted by Gasteiger charge is -2.27. The molecule has 3 aliphatic rings. The van der Waals surface area contributed by atoms with E-state index >= 15 is 0 Å². The van der Waals surface area contributed by atoms with Gasteiger partial charge in [-0.05, 0) is 37.3 Å². The van der Waals surface area contributed by atoms with Crippen LogP contribution in [0.4, 0.5) is 14.7 Å². The molecule has 0 spiro atoms. The van der Waals surface area contributed by atoms with Crippen LogP contribution in [0.15, 0.2) is 30.3 Å². The van der Waals surface area contributed by atoms with Crippen molar-refractivity contribution in [1.29, 1.82) is 0 Å². The number of anilines is 1. The number of ether oxygens (including phenoxy) is 3. The predicted molar refractivity (Wildman–Crippen MR) is 138 cm³/mol. The highest BCUT2D eigenvalue weighted by Gasteiger charge is 2.30. The lowest BCUT2D eigenvalue weighted by atomic mass is 10.0. The summed E-state index contributed by atoms with van der Waals surface area (Å²) in [5.41, 5.74) is 0.988. The number of hydrogen-bond donors (Lipinski definition) is 1. The highest BCUT2D eigenvalue weighted by molar-refractivity contribution is 5.78. The number of amides is 1. The topological polar surface area (TPSA) is 104 Å². The van der Waals surface area contributed by atoms with Crippen LogP contribution in [0, 0.1) is 5.92 Å². The Morgan fingerprint density at radius 3 is 2.72 bits per heavy atom. The largest absolute Gasteiger partial charge is 0.474 e. The second kappa shape index (κ2) is 11.4. The van der Waals surface area contributed by atoms with Crippen molar-refractivity contribution in [2.24, 2.45) is 5.92 Å². The molecule has 1 unspecified atom stereocenters. The van der Waals surface area contributed by atoms with Gasteiger partial charge in [0.15, 0.2) is 5.82 Å². The van der Waals surface area contributed by atoms with E-state index in [1.54, 1.807) is 30.3 Å². The van der Waals surface area contributed by atoms with Gasteiger partial charge in [-0.2, -0.15) is 9.97 Å². The van der Waals surface area contributed by atoms with Gasteiger partial charge in [0.1, 0.15) is 11.9 Å². The zero-order chi connectivity index (χ0) is 26.8. The molecule has 4 heterocycles. The summed E-state index contributed by atoms with van der Waals surface area (Å²) < 4.78 is 46.7. The van der Waals surface area contributed by atoms with Crippen LogP contribution in [-0.2, 0) is 14.3 Å². The summed E-state index contributed by atoms with van der Waals surface area (Å²) in [6, 6.07) is 8.60. The maximum Gasteiger partial charge on any atom is 0.296 e. The molecule has 3 fully saturated rings. The van der Waals surface area contributed by atoms with Gasteiger partial charge in [0.25, 0.3) is 6.43 Å². The molecule has 1 aliphatic carbocycles. The van der Waals surface area contributed by atoms with E-state index in [0.717, 1.165) is 25.9 Å². The molecule has 6 rings (SSSR count). The van der Waals surface area contributed by atoms with Gasteiger partial charge >= 0.3 is 0 Å². The van der Waals surface area contributed by atoms with Gasteiger partial charge < -0.3 is 24.4 Å². The quantitative estimate of drug-likeness (QED) is 0.462. The van der Waals surface area contributed by atoms with Crippen LogP contribution in [0.5, 0.6) is 5.88 Å². The Morgan fingerprint density at radius 1 is 1.08 bits per heavy atom. The molecule has 1 amide bonds. The van der Waals surface area contributed by atoms with Crippen molar-refractivity contribution >= 4 is 22.9 Å². The smallest absolute Gasteiger partial charge is 0.296 e. The van der Waals surface area contributed by atoms with E-state index in [0.29, 0.717) is 68.6 Å². The first-order chi connectivity index (χ1) is 19.0. The first-order valence-corrected chi connectivity index (χ1v) is 13.5. The Hall–Kier alpha value is -3.38. The van der Waals surface area contributed by atoms with Crippen LogP contribution in [0.1, 0.15) is 44.4 Å². The number of rotatable bonds is 8. The number of hydrogen-bond acceptors (Lipinski definition) is 8. The van der Waals surface area contributed by atoms with Crippen molar-refractivity contribution in [2.45, 2.75) is 50.7 Å². The van der Waals surface area contributed by atoms with Crippen LogP contribution in [0.2, 0.25) is 0 Å². The summed E-state index contributed by atoms with van der Waals surface area (Å²) >= 11 is 0. The number of aromatic nitrogens is 4. The van der Waals surface area contributed by atoms with Gasteiger partial charge in [0.05, 0.1) is 24.2 Å². The number of morpholine rings is 1. The summed E-state index contributed by atoms with van der Waals surface area (Å²) in [5.74, 6) is 0.915. The number of nitrogens with one attached hydrogen (secondary N) is 1. The Balaban J connectivity index is 1.24. The van der Waals surface area contributed by atoms with Crippen LogP contribution >= 0.6 is 0 Å². The molecule has 208 valence electrons. The monoisotopic (exact) mass is 542 g/mol. The van der Waals surface area contributed by atoms with Gasteiger partial charge in [-0.25, -0.2) is 13.8 Å². The normalized spacial score (nSPS) is 23.6. The summed E-state index contributed by atoms with van der Waals surface area (Å²) in [4.78, 5) is 28.0. The Morgan fingerprint density at radius 2 is 1.92 bits per heavy atom. The lowest BCUT2D eigenvalue weighted by Crippen LogP contribution is -2.37. The number of carbonyl (C=O) groups is 1. The van der Waals surface area contributed by atoms with Crippen molar-refractivity contribution in [3.05, 3.63) is 36.2 Å². The Kier molecular flexibility index (Phi) is 7.55. The fourth-order valence-corrected chi connectivity index (χ4v) is 5.55. The molecule has 2 aromatic heterocycles. The molecule has 1 saturated carbocycles. The fraction of sp³-hybridized carbons (Fsp3) is 0.556. The lowest BCUT2D eigenvalue weighted by molar-refractivity contribution is -0.122. The van der Waals surface area contributed by atoms with Gasteiger partial charge in [-0.1, -0.05) is 12.1 Å². The zero-order valence-corrected chi connectivity index (χ0v) is 21.6. The second-order valence-corrected chi connectivity index (χ2v) is 10.3. The molecular weight excluding hydrogens is 510 g/mol. The summed E-state index contributed by atoms with van der Waals surface area (Å²) in [5, 5.41) is 3.13. The molecule has 2 saturated heterocycles. The number of para-hydroxylation sites is 2. The standard InChI is InChI=1S/C27H32F2N6O4/c28-25(29)26-31-20-3-1-2-4-21(20)35(26)22-15-24(33-27(32-22)34-8-11-37-12-9-34)39-19-6-5-18(14-19)30-23(36)13-17-7-10-38-16-17/h1-4,15,17-19,25H,5-14,16H2,(H,30,36)/t17?,18-,19-/m0/s1. The van der Waals surface area contributed by atoms with E-state index in [2.05, 4.69) is 20.3 Å². The molecule has 1 aromatic carbocycles. The predicted octanol–water partition coefficient (Wildman–Crippen LogP) is 3.43. The average molecular weight is 543 g/mol. The van der Waals surface area contributed by atoms with Crippen LogP contribution in [0.3, 0.4) is 0 Å². The van der Waals surface area contributed by atoms with Gasteiger partial charge in [-0.3, -0.25) is 9.36 Å². The van der Waals surface area contributed by atoms with Crippen molar-refractivity contribution < 1.29 is 27.8 Å². The van der Waals surface area contributed by atoms with E-state index in [1.807, 2.05) is 4.90 Å². The van der Waals surface area contributed by atoms with E-state index in [-0.39, 0.29) is 35.6 Å². The van der Waals surface area contributed by atoms with Gasteiger partial charge in [0.2, 0.25) is 17.7 Å². The van der Waals surface area contributed by atoms with Crippen LogP contribution < -0.4 is 15.0 Å². The number of alkyl halides is 2. The third-order valence-corrected chi connectivity index (χ3v) is 7.52. The SMILES string of the molecule is O=C(CC1CCOC1)N[C@H]1CC[C@H](Oc2cc(-n3c(C(F)F)nc4ccccc43)nc(N3CCOCC3)n2)C1. The Bertz CT molecular complexity index is 1310. The van der Waals surface area contributed by atoms with E-state index in [1.165, 1.54) is 4.57 Å². The number of fused-ring (bicyclic) bond motifs is 1. The third kappa shape index (κ3) is 5.81. The molecule has 10 nitrogen and oxygen atoms in total. The molecule has 3 atom stereocenters. The summed E-state index contributed by atoms with van der Waals surface area (Å²) in [7, 11) is 0. The van der Waals surface area contributed by atoms with Gasteiger partial charge in [-0.15, -0.1) is 0 Å². The Labute approximate surface area is 224 Å². The number of nitrogens with zero attached hydrogens (tertiary/aromatic N) is 5. The van der Waals surface area contributed by atoms with Gasteiger partial charge in [0, 0.05) is 51.3 Å². The minimum atomic E-state index is -2.79. The summed E-state index contributed by atoms with van der Waals surface area (Å²) in [6.07, 6.45) is 0.636. The maximum absolute atomic E-state index is 14.1. The molecular formula is C27H32F2N6O4. The van der Waals surface area contributed by atoms with Crippen molar-refractivity contribution in [3.8, 4) is 11.7 Å². The molecule has 2 aliphatic heterocycles. The fourth-order valence-electron chi connectivity index (χ4n) is 5.55. The third-order valence-electron chi connectivity index (χ3n) is 7.52. The van der Waals surface area contributed by atoms with E-state index in [4.69, 9.17) is 14.2 Å². The summed E-state index contributed by atoms with van der Waals surface area (Å²) in [6.45, 7) is 3.58. The first kappa shape index (κ1) is 25.9. The number of carbonyl (C=O) groups excluding carboxylic acids is 1. The zero-order valence-electron chi connectivity index (χ0n) is 21.6. The van der Waals surface area contributed by atoms with Crippen molar-refractivity contribution in [3.63, 3.8) is 0 Å². The van der Waals surface area contributed by atoms with Crippen molar-refractivity contribution in [1.82, 2.24) is 24.8 Å². The van der Waals surface area contributed by atoms with Crippen LogP contribution in [-0.4, -0.2) is 77.1 Å². The molecule has 0 radical (unpaired) electrons. The molecule has 0 bridgehead atoms. The number of imidazole rings is 1.